The van der Waals surface area contributed by atoms with Crippen LogP contribution >= 0.6 is 11.6 Å². The quantitative estimate of drug-likeness (QED) is 0.572. The van der Waals surface area contributed by atoms with E-state index in [1.165, 1.54) is 30.7 Å². The molecule has 27 heavy (non-hydrogen) atoms. The van der Waals surface area contributed by atoms with E-state index >= 15 is 0 Å². The van der Waals surface area contributed by atoms with Crippen molar-refractivity contribution in [2.45, 2.75) is 19.9 Å². The van der Waals surface area contributed by atoms with Crippen LogP contribution < -0.4 is 9.64 Å². The lowest BCUT2D eigenvalue weighted by atomic mass is 10.1. The van der Waals surface area contributed by atoms with Gasteiger partial charge in [0.05, 0.1) is 6.20 Å². The molecule has 0 aliphatic rings. The number of benzene rings is 2. The average Bonchev–Trinajstić information content (AvgIpc) is 2.64. The fraction of sp³-hybridized carbons (Fsp3) is 0.150. The van der Waals surface area contributed by atoms with Gasteiger partial charge in [0.2, 0.25) is 0 Å². The van der Waals surface area contributed by atoms with Crippen LogP contribution in [0.25, 0.3) is 0 Å². The molecule has 3 aromatic rings. The van der Waals surface area contributed by atoms with E-state index in [0.717, 1.165) is 5.69 Å². The van der Waals surface area contributed by atoms with Gasteiger partial charge in [-0.05, 0) is 38.1 Å². The van der Waals surface area contributed by atoms with Crippen molar-refractivity contribution in [3.05, 3.63) is 77.6 Å². The number of para-hydroxylation sites is 1. The van der Waals surface area contributed by atoms with E-state index in [0.29, 0.717) is 0 Å². The summed E-state index contributed by atoms with van der Waals surface area (Å²) in [4.78, 5) is 22.3. The Kier molecular flexibility index (Phi) is 5.66. The first-order chi connectivity index (χ1) is 13.0. The van der Waals surface area contributed by atoms with E-state index in [1.54, 1.807) is 4.90 Å². The largest absolute Gasteiger partial charge is 0.452 e. The highest BCUT2D eigenvalue weighted by Gasteiger charge is 2.22. The second-order valence-corrected chi connectivity index (χ2v) is 6.42. The highest BCUT2D eigenvalue weighted by atomic mass is 35.5. The molecular formula is C20H17ClFN3O2. The van der Waals surface area contributed by atoms with Gasteiger partial charge in [-0.15, -0.1) is 0 Å². The van der Waals surface area contributed by atoms with Crippen molar-refractivity contribution >= 4 is 23.2 Å². The van der Waals surface area contributed by atoms with Crippen LogP contribution in [0.5, 0.6) is 11.5 Å². The zero-order valence-electron chi connectivity index (χ0n) is 14.8. The molecule has 2 aromatic carbocycles. The maximum Gasteiger partial charge on any atom is 0.258 e. The normalized spacial score (nSPS) is 10.7. The molecule has 138 valence electrons. The monoisotopic (exact) mass is 385 g/mol. The van der Waals surface area contributed by atoms with Crippen LogP contribution in [0.4, 0.5) is 10.1 Å². The molecule has 0 atom stereocenters. The maximum absolute atomic E-state index is 14.1. The number of hydrogen-bond acceptors (Lipinski definition) is 4. The number of ether oxygens (including phenoxy) is 1. The van der Waals surface area contributed by atoms with Crippen LogP contribution in [-0.2, 0) is 0 Å². The topological polar surface area (TPSA) is 55.3 Å². The summed E-state index contributed by atoms with van der Waals surface area (Å²) in [5.74, 6) is -0.629. The van der Waals surface area contributed by atoms with Gasteiger partial charge in [0, 0.05) is 23.4 Å². The van der Waals surface area contributed by atoms with Crippen LogP contribution in [0, 0.1) is 5.82 Å². The van der Waals surface area contributed by atoms with Gasteiger partial charge in [-0.25, -0.2) is 14.4 Å². The molecule has 0 saturated heterocycles. The number of nitrogens with zero attached hydrogens (tertiary/aromatic N) is 3. The standard InChI is InChI=1S/C20H17ClFN3O2/c1-13(2)25(16-6-4-3-5-7-16)20(26)14-8-15(22)10-17(9-14)27-18-11-23-12-24-19(18)21/h3-13H,1-2H3. The molecule has 0 aliphatic heterocycles. The van der Waals surface area contributed by atoms with Crippen molar-refractivity contribution in [3.63, 3.8) is 0 Å². The lowest BCUT2D eigenvalue weighted by Crippen LogP contribution is -2.37. The van der Waals surface area contributed by atoms with Gasteiger partial charge in [0.1, 0.15) is 17.9 Å². The molecule has 0 unspecified atom stereocenters. The number of aromatic nitrogens is 2. The van der Waals surface area contributed by atoms with Crippen molar-refractivity contribution in [1.82, 2.24) is 9.97 Å². The number of hydrogen-bond donors (Lipinski definition) is 0. The molecule has 0 bridgehead atoms. The van der Waals surface area contributed by atoms with E-state index in [9.17, 15) is 9.18 Å². The van der Waals surface area contributed by atoms with Gasteiger partial charge < -0.3 is 9.64 Å². The number of anilines is 1. The number of rotatable bonds is 5. The number of amides is 1. The molecule has 3 rings (SSSR count). The van der Waals surface area contributed by atoms with Crippen LogP contribution in [0.1, 0.15) is 24.2 Å². The molecule has 0 saturated carbocycles. The lowest BCUT2D eigenvalue weighted by Gasteiger charge is -2.27. The second-order valence-electron chi connectivity index (χ2n) is 6.06. The molecule has 1 aromatic heterocycles. The smallest absolute Gasteiger partial charge is 0.258 e. The van der Waals surface area contributed by atoms with E-state index in [1.807, 2.05) is 44.2 Å². The zero-order valence-corrected chi connectivity index (χ0v) is 15.5. The minimum atomic E-state index is -0.597. The highest BCUT2D eigenvalue weighted by Crippen LogP contribution is 2.29. The number of halogens is 2. The van der Waals surface area contributed by atoms with Crippen molar-refractivity contribution in [1.29, 1.82) is 0 Å². The molecule has 1 heterocycles. The summed E-state index contributed by atoms with van der Waals surface area (Å²) in [5.41, 5.74) is 0.888. The second kappa shape index (κ2) is 8.14. The van der Waals surface area contributed by atoms with Gasteiger partial charge in [-0.2, -0.15) is 0 Å². The Bertz CT molecular complexity index is 951. The summed E-state index contributed by atoms with van der Waals surface area (Å²) in [5, 5.41) is 0.0928. The Balaban J connectivity index is 1.95. The summed E-state index contributed by atoms with van der Waals surface area (Å²) in [7, 11) is 0. The Morgan fingerprint density at radius 3 is 2.59 bits per heavy atom. The highest BCUT2D eigenvalue weighted by molar-refractivity contribution is 6.30. The van der Waals surface area contributed by atoms with Gasteiger partial charge in [-0.1, -0.05) is 29.8 Å². The lowest BCUT2D eigenvalue weighted by molar-refractivity contribution is 0.0979. The predicted molar refractivity (Wildman–Crippen MR) is 102 cm³/mol. The van der Waals surface area contributed by atoms with E-state index in [-0.39, 0.29) is 34.2 Å². The van der Waals surface area contributed by atoms with Crippen LogP contribution in [0.2, 0.25) is 5.15 Å². The molecule has 7 heteroatoms. The minimum Gasteiger partial charge on any atom is -0.452 e. The Morgan fingerprint density at radius 1 is 1.19 bits per heavy atom. The van der Waals surface area contributed by atoms with Gasteiger partial charge in [-0.3, -0.25) is 4.79 Å². The molecule has 1 amide bonds. The van der Waals surface area contributed by atoms with Crippen molar-refractivity contribution < 1.29 is 13.9 Å². The Morgan fingerprint density at radius 2 is 1.93 bits per heavy atom. The Hall–Kier alpha value is -2.99. The Labute approximate surface area is 161 Å². The van der Waals surface area contributed by atoms with Gasteiger partial charge in [0.15, 0.2) is 10.9 Å². The summed E-state index contributed by atoms with van der Waals surface area (Å²) in [6, 6.07) is 12.9. The first-order valence-electron chi connectivity index (χ1n) is 8.28. The van der Waals surface area contributed by atoms with E-state index in [2.05, 4.69) is 9.97 Å². The number of carbonyl (C=O) groups is 1. The van der Waals surface area contributed by atoms with Gasteiger partial charge in [0.25, 0.3) is 5.91 Å². The van der Waals surface area contributed by atoms with Crippen molar-refractivity contribution in [2.24, 2.45) is 0 Å². The molecular weight excluding hydrogens is 369 g/mol. The van der Waals surface area contributed by atoms with Gasteiger partial charge >= 0.3 is 0 Å². The van der Waals surface area contributed by atoms with Crippen LogP contribution in [0.15, 0.2) is 61.1 Å². The summed E-state index contributed by atoms with van der Waals surface area (Å²) < 4.78 is 19.7. The maximum atomic E-state index is 14.1. The molecule has 0 aliphatic carbocycles. The van der Waals surface area contributed by atoms with E-state index in [4.69, 9.17) is 16.3 Å². The number of carbonyl (C=O) groups excluding carboxylic acids is 1. The summed E-state index contributed by atoms with van der Waals surface area (Å²) >= 11 is 5.94. The zero-order chi connectivity index (χ0) is 19.4. The van der Waals surface area contributed by atoms with Crippen LogP contribution in [0.3, 0.4) is 0 Å². The molecule has 0 N–H and O–H groups in total. The average molecular weight is 386 g/mol. The van der Waals surface area contributed by atoms with Crippen molar-refractivity contribution in [2.75, 3.05) is 4.90 Å². The molecule has 0 radical (unpaired) electrons. The first-order valence-corrected chi connectivity index (χ1v) is 8.66. The first kappa shape index (κ1) is 18.8. The SMILES string of the molecule is CC(C)N(C(=O)c1cc(F)cc(Oc2cncnc2Cl)c1)c1ccccc1. The van der Waals surface area contributed by atoms with Crippen molar-refractivity contribution in [3.8, 4) is 11.5 Å². The molecule has 0 spiro atoms. The van der Waals surface area contributed by atoms with Crippen LogP contribution in [-0.4, -0.2) is 21.9 Å². The summed E-state index contributed by atoms with van der Waals surface area (Å²) in [6.45, 7) is 3.78. The fourth-order valence-electron chi connectivity index (χ4n) is 2.62. The minimum absolute atomic E-state index is 0.0928. The molecule has 0 fully saturated rings. The molecule has 5 nitrogen and oxygen atoms in total. The fourth-order valence-corrected chi connectivity index (χ4v) is 2.75. The third-order valence-electron chi connectivity index (χ3n) is 3.75. The van der Waals surface area contributed by atoms with E-state index < -0.39 is 5.82 Å². The predicted octanol–water partition coefficient (Wildman–Crippen LogP) is 5.12. The third kappa shape index (κ3) is 4.41. The third-order valence-corrected chi connectivity index (χ3v) is 4.03. The summed E-state index contributed by atoms with van der Waals surface area (Å²) in [6.07, 6.45) is 2.64.